The largest absolute Gasteiger partial charge is 0.247 e. The summed E-state index contributed by atoms with van der Waals surface area (Å²) in [7, 11) is 0. The molecule has 256 valence electrons. The van der Waals surface area contributed by atoms with Gasteiger partial charge in [0.2, 0.25) is 0 Å². The highest BCUT2D eigenvalue weighted by atomic mass is 32.1. The Hall–Kier alpha value is -7.01. The van der Waals surface area contributed by atoms with Gasteiger partial charge in [-0.25, -0.2) is 15.0 Å². The molecule has 0 spiro atoms. The molecule has 0 atom stereocenters. The third-order valence-corrected chi connectivity index (χ3v) is 11.9. The van der Waals surface area contributed by atoms with Gasteiger partial charge in [-0.1, -0.05) is 158 Å². The van der Waals surface area contributed by atoms with Crippen molar-refractivity contribution >= 4 is 64.0 Å². The fourth-order valence-electron chi connectivity index (χ4n) is 8.00. The maximum Gasteiger partial charge on any atom is 0.160 e. The van der Waals surface area contributed by atoms with Crippen LogP contribution in [-0.4, -0.2) is 15.0 Å². The van der Waals surface area contributed by atoms with Gasteiger partial charge in [0, 0.05) is 47.8 Å². The second kappa shape index (κ2) is 12.8. The first-order valence-electron chi connectivity index (χ1n) is 18.5. The van der Waals surface area contributed by atoms with E-state index in [1.54, 1.807) is 0 Å². The molecule has 0 unspecified atom stereocenters. The van der Waals surface area contributed by atoms with Gasteiger partial charge in [-0.2, -0.15) is 0 Å². The van der Waals surface area contributed by atoms with Gasteiger partial charge in [-0.05, 0) is 63.0 Å². The van der Waals surface area contributed by atoms with E-state index in [0.29, 0.717) is 5.82 Å². The first-order valence-corrected chi connectivity index (χ1v) is 19.3. The second-order valence-corrected chi connectivity index (χ2v) is 15.0. The van der Waals surface area contributed by atoms with E-state index in [0.717, 1.165) is 44.9 Å². The fraction of sp³-hybridized carbons (Fsp3) is 0. The molecule has 0 saturated heterocycles. The summed E-state index contributed by atoms with van der Waals surface area (Å²) >= 11 is 1.85. The minimum absolute atomic E-state index is 0.708. The highest BCUT2D eigenvalue weighted by molar-refractivity contribution is 7.26. The van der Waals surface area contributed by atoms with Gasteiger partial charge in [-0.3, -0.25) is 0 Å². The van der Waals surface area contributed by atoms with Crippen molar-refractivity contribution in [2.24, 2.45) is 0 Å². The lowest BCUT2D eigenvalue weighted by atomic mass is 9.92. The summed E-state index contributed by atoms with van der Waals surface area (Å²) in [4.78, 5) is 15.5. The number of fused-ring (bicyclic) bond motifs is 8. The summed E-state index contributed by atoms with van der Waals surface area (Å²) in [5, 5.41) is 8.65. The van der Waals surface area contributed by atoms with Crippen molar-refractivity contribution in [1.82, 2.24) is 15.0 Å². The maximum absolute atomic E-state index is 5.43. The van der Waals surface area contributed by atoms with Crippen molar-refractivity contribution in [3.8, 4) is 56.3 Å². The van der Waals surface area contributed by atoms with E-state index >= 15 is 0 Å². The molecule has 11 aromatic rings. The molecule has 0 saturated carbocycles. The summed E-state index contributed by atoms with van der Waals surface area (Å²) in [6.07, 6.45) is 0. The average Bonchev–Trinajstić information content (AvgIpc) is 3.66. The molecule has 0 aliphatic heterocycles. The van der Waals surface area contributed by atoms with Crippen molar-refractivity contribution in [3.63, 3.8) is 0 Å². The molecule has 55 heavy (non-hydrogen) atoms. The van der Waals surface area contributed by atoms with Crippen LogP contribution in [0.2, 0.25) is 0 Å². The van der Waals surface area contributed by atoms with E-state index in [9.17, 15) is 0 Å². The van der Waals surface area contributed by atoms with Crippen LogP contribution in [0, 0.1) is 0 Å². The topological polar surface area (TPSA) is 38.7 Å². The van der Waals surface area contributed by atoms with Crippen molar-refractivity contribution in [2.75, 3.05) is 0 Å². The molecule has 3 heterocycles. The maximum atomic E-state index is 5.43. The molecule has 8 aromatic carbocycles. The number of hydrogen-bond acceptors (Lipinski definition) is 4. The average molecular weight is 718 g/mol. The van der Waals surface area contributed by atoms with Crippen LogP contribution in [0.15, 0.2) is 188 Å². The first-order chi connectivity index (χ1) is 27.2. The monoisotopic (exact) mass is 717 g/mol. The molecule has 0 fully saturated rings. The zero-order valence-electron chi connectivity index (χ0n) is 29.6. The number of benzene rings is 8. The van der Waals surface area contributed by atoms with Gasteiger partial charge in [0.15, 0.2) is 5.82 Å². The summed E-state index contributed by atoms with van der Waals surface area (Å²) in [6, 6.07) is 66.6. The molecule has 11 rings (SSSR count). The number of rotatable bonds is 5. The van der Waals surface area contributed by atoms with Crippen LogP contribution in [-0.2, 0) is 0 Å². The second-order valence-electron chi connectivity index (χ2n) is 14.0. The number of pyridine rings is 1. The molecule has 0 radical (unpaired) electrons. The van der Waals surface area contributed by atoms with Crippen LogP contribution in [0.3, 0.4) is 0 Å². The Morgan fingerprint density at radius 1 is 0.364 bits per heavy atom. The Bertz CT molecular complexity index is 3180. The van der Waals surface area contributed by atoms with Gasteiger partial charge >= 0.3 is 0 Å². The van der Waals surface area contributed by atoms with Crippen molar-refractivity contribution in [2.45, 2.75) is 0 Å². The van der Waals surface area contributed by atoms with Crippen LogP contribution >= 0.6 is 11.3 Å². The Labute approximate surface area is 321 Å². The normalized spacial score (nSPS) is 11.6. The van der Waals surface area contributed by atoms with Crippen LogP contribution in [0.1, 0.15) is 0 Å². The lowest BCUT2D eigenvalue weighted by Crippen LogP contribution is -1.96. The third-order valence-electron chi connectivity index (χ3n) is 10.7. The molecule has 3 nitrogen and oxygen atoms in total. The van der Waals surface area contributed by atoms with Crippen molar-refractivity contribution in [3.05, 3.63) is 188 Å². The highest BCUT2D eigenvalue weighted by Gasteiger charge is 2.18. The zero-order chi connectivity index (χ0) is 36.3. The Kier molecular flexibility index (Phi) is 7.35. The molecule has 4 heteroatoms. The Morgan fingerprint density at radius 2 is 0.945 bits per heavy atom. The van der Waals surface area contributed by atoms with Crippen LogP contribution < -0.4 is 0 Å². The predicted molar refractivity (Wildman–Crippen MR) is 232 cm³/mol. The number of hydrogen-bond donors (Lipinski definition) is 0. The quantitative estimate of drug-likeness (QED) is 0.166. The van der Waals surface area contributed by atoms with Crippen molar-refractivity contribution < 1.29 is 0 Å². The minimum atomic E-state index is 0.708. The van der Waals surface area contributed by atoms with Gasteiger partial charge in [0.05, 0.1) is 22.6 Å². The molecule has 0 amide bonds. The highest BCUT2D eigenvalue weighted by Crippen LogP contribution is 2.44. The summed E-state index contributed by atoms with van der Waals surface area (Å²) in [5.74, 6) is 0.708. The Morgan fingerprint density at radius 3 is 1.71 bits per heavy atom. The summed E-state index contributed by atoms with van der Waals surface area (Å²) in [6.45, 7) is 0. The zero-order valence-corrected chi connectivity index (χ0v) is 30.5. The molecule has 3 aromatic heterocycles. The van der Waals surface area contributed by atoms with E-state index < -0.39 is 0 Å². The number of aromatic nitrogens is 3. The first kappa shape index (κ1) is 31.5. The van der Waals surface area contributed by atoms with E-state index in [1.165, 1.54) is 58.2 Å². The van der Waals surface area contributed by atoms with Gasteiger partial charge in [0.1, 0.15) is 0 Å². The molecule has 0 aliphatic rings. The van der Waals surface area contributed by atoms with Crippen LogP contribution in [0.25, 0.3) is 109 Å². The van der Waals surface area contributed by atoms with Crippen LogP contribution in [0.4, 0.5) is 0 Å². The summed E-state index contributed by atoms with van der Waals surface area (Å²) < 4.78 is 2.52. The molecule has 0 N–H and O–H groups in total. The van der Waals surface area contributed by atoms with Gasteiger partial charge in [0.25, 0.3) is 0 Å². The van der Waals surface area contributed by atoms with E-state index in [1.807, 2.05) is 47.7 Å². The van der Waals surface area contributed by atoms with Gasteiger partial charge in [-0.15, -0.1) is 11.3 Å². The van der Waals surface area contributed by atoms with E-state index in [-0.39, 0.29) is 0 Å². The molecule has 0 aliphatic carbocycles. The smallest absolute Gasteiger partial charge is 0.160 e. The summed E-state index contributed by atoms with van der Waals surface area (Å²) in [5.41, 5.74) is 10.3. The number of thiophene rings is 1. The van der Waals surface area contributed by atoms with Crippen molar-refractivity contribution in [1.29, 1.82) is 0 Å². The van der Waals surface area contributed by atoms with Gasteiger partial charge < -0.3 is 0 Å². The molecular formula is C51H31N3S. The number of nitrogens with zero attached hydrogens (tertiary/aromatic N) is 3. The Balaban J connectivity index is 1.07. The SMILES string of the molecule is c1ccc(-c2cc(-c3ccc(-c4nc5ccc(-c6cc7ccccc7c7ccccc67)cc5c5sc6ccccc6c45)cc3)nc(-c3ccccc3)n2)cc1. The fourth-order valence-corrected chi connectivity index (χ4v) is 9.23. The molecular weight excluding hydrogens is 687 g/mol. The van der Waals surface area contributed by atoms with E-state index in [4.69, 9.17) is 15.0 Å². The molecule has 0 bridgehead atoms. The van der Waals surface area contributed by atoms with Crippen LogP contribution in [0.5, 0.6) is 0 Å². The third kappa shape index (κ3) is 5.38. The van der Waals surface area contributed by atoms with E-state index in [2.05, 4.69) is 152 Å². The standard InChI is InChI=1S/C51H31N3S/c1-3-13-32(14-4-1)45-31-46(54-51(53-45)35-15-5-2-6-16-35)33-23-25-34(26-24-33)49-48-41-21-11-12-22-47(41)55-50(48)43-30-37(27-28-44(43)52-49)42-29-36-17-7-8-18-38(36)39-19-9-10-20-40(39)42/h1-31H. The lowest BCUT2D eigenvalue weighted by Gasteiger charge is -2.13. The lowest BCUT2D eigenvalue weighted by molar-refractivity contribution is 1.18. The predicted octanol–water partition coefficient (Wildman–Crippen LogP) is 14.0. The minimum Gasteiger partial charge on any atom is -0.247 e.